The molecular formula is C19H29ClN4O3. The van der Waals surface area contributed by atoms with Crippen molar-refractivity contribution in [2.75, 3.05) is 38.2 Å². The number of hydrogen-bond acceptors (Lipinski definition) is 4. The Balaban J connectivity index is 0.00000261. The third-order valence-electron chi connectivity index (χ3n) is 5.35. The molecule has 8 heteroatoms. The van der Waals surface area contributed by atoms with Gasteiger partial charge in [0, 0.05) is 45.1 Å². The van der Waals surface area contributed by atoms with Crippen LogP contribution in [0.2, 0.25) is 0 Å². The zero-order valence-corrected chi connectivity index (χ0v) is 16.4. The molecule has 2 aliphatic rings. The Morgan fingerprint density at radius 3 is 2.56 bits per heavy atom. The number of nitrogens with zero attached hydrogens (tertiary/aromatic N) is 1. The Kier molecular flexibility index (Phi) is 7.89. The Morgan fingerprint density at radius 2 is 1.89 bits per heavy atom. The zero-order chi connectivity index (χ0) is 18.4. The average Bonchev–Trinajstić information content (AvgIpc) is 3.22. The molecule has 0 saturated carbocycles. The Hall–Kier alpha value is -1.83. The fourth-order valence-electron chi connectivity index (χ4n) is 3.54. The summed E-state index contributed by atoms with van der Waals surface area (Å²) in [5.41, 5.74) is 7.04. The molecule has 4 N–H and O–H groups in total. The quantitative estimate of drug-likeness (QED) is 0.710. The topological polar surface area (TPSA) is 96.7 Å². The van der Waals surface area contributed by atoms with E-state index in [0.29, 0.717) is 39.1 Å². The molecule has 27 heavy (non-hydrogen) atoms. The first-order chi connectivity index (χ1) is 12.6. The molecule has 0 atom stereocenters. The molecule has 0 unspecified atom stereocenters. The van der Waals surface area contributed by atoms with Crippen molar-refractivity contribution >= 4 is 30.0 Å². The van der Waals surface area contributed by atoms with Crippen molar-refractivity contribution < 1.29 is 14.3 Å². The highest BCUT2D eigenvalue weighted by molar-refractivity contribution is 5.89. The van der Waals surface area contributed by atoms with E-state index in [1.807, 2.05) is 29.2 Å². The number of rotatable bonds is 5. The summed E-state index contributed by atoms with van der Waals surface area (Å²) in [6, 6.07) is 7.51. The lowest BCUT2D eigenvalue weighted by Gasteiger charge is -2.34. The van der Waals surface area contributed by atoms with Crippen LogP contribution in [-0.2, 0) is 16.1 Å². The van der Waals surface area contributed by atoms with Crippen LogP contribution in [0.5, 0.6) is 0 Å². The van der Waals surface area contributed by atoms with Gasteiger partial charge in [-0.05, 0) is 43.4 Å². The van der Waals surface area contributed by atoms with Crippen LogP contribution in [-0.4, -0.2) is 49.7 Å². The smallest absolute Gasteiger partial charge is 0.321 e. The molecule has 3 amide bonds. The number of benzene rings is 1. The highest BCUT2D eigenvalue weighted by Gasteiger charge is 2.38. The highest BCUT2D eigenvalue weighted by atomic mass is 35.5. The number of urea groups is 1. The molecule has 1 aromatic rings. The third-order valence-corrected chi connectivity index (χ3v) is 5.35. The average molecular weight is 397 g/mol. The molecule has 0 aromatic heterocycles. The minimum Gasteiger partial charge on any atom is -0.381 e. The first-order valence-electron chi connectivity index (χ1n) is 9.34. The third kappa shape index (κ3) is 5.34. The van der Waals surface area contributed by atoms with E-state index in [9.17, 15) is 9.59 Å². The monoisotopic (exact) mass is 396 g/mol. The number of ether oxygens (including phenoxy) is 1. The van der Waals surface area contributed by atoms with Gasteiger partial charge in [-0.3, -0.25) is 4.79 Å². The number of hydrogen-bond donors (Lipinski definition) is 3. The van der Waals surface area contributed by atoms with Crippen molar-refractivity contribution in [3.63, 3.8) is 0 Å². The van der Waals surface area contributed by atoms with Crippen LogP contribution < -0.4 is 16.4 Å². The molecule has 2 saturated heterocycles. The van der Waals surface area contributed by atoms with Gasteiger partial charge in [0.05, 0.1) is 5.41 Å². The van der Waals surface area contributed by atoms with Crippen molar-refractivity contribution in [2.45, 2.75) is 32.2 Å². The number of amides is 3. The van der Waals surface area contributed by atoms with Gasteiger partial charge in [0.15, 0.2) is 0 Å². The second kappa shape index (κ2) is 9.92. The minimum atomic E-state index is -0.528. The summed E-state index contributed by atoms with van der Waals surface area (Å²) in [7, 11) is 0. The van der Waals surface area contributed by atoms with E-state index < -0.39 is 5.41 Å². The predicted molar refractivity (Wildman–Crippen MR) is 107 cm³/mol. The van der Waals surface area contributed by atoms with E-state index in [4.69, 9.17) is 10.5 Å². The van der Waals surface area contributed by atoms with Gasteiger partial charge in [0.1, 0.15) is 0 Å². The first kappa shape index (κ1) is 21.5. The van der Waals surface area contributed by atoms with Crippen molar-refractivity contribution in [3.8, 4) is 0 Å². The molecule has 0 radical (unpaired) electrons. The number of nitrogens with two attached hydrogens (primary N) is 1. The van der Waals surface area contributed by atoms with Gasteiger partial charge in [-0.15, -0.1) is 12.4 Å². The van der Waals surface area contributed by atoms with Crippen molar-refractivity contribution in [3.05, 3.63) is 29.8 Å². The molecule has 1 aromatic carbocycles. The van der Waals surface area contributed by atoms with Crippen molar-refractivity contribution in [1.29, 1.82) is 0 Å². The molecule has 3 rings (SSSR count). The van der Waals surface area contributed by atoms with E-state index in [-0.39, 0.29) is 24.3 Å². The van der Waals surface area contributed by atoms with E-state index >= 15 is 0 Å². The normalized spacial score (nSPS) is 18.5. The lowest BCUT2D eigenvalue weighted by atomic mass is 9.79. The van der Waals surface area contributed by atoms with Gasteiger partial charge in [0.25, 0.3) is 0 Å². The van der Waals surface area contributed by atoms with E-state index in [0.717, 1.165) is 37.2 Å². The molecule has 7 nitrogen and oxygen atoms in total. The maximum absolute atomic E-state index is 12.6. The number of halogens is 1. The van der Waals surface area contributed by atoms with Crippen LogP contribution in [0.15, 0.2) is 24.3 Å². The van der Waals surface area contributed by atoms with Gasteiger partial charge in [-0.2, -0.15) is 0 Å². The maximum Gasteiger partial charge on any atom is 0.321 e. The van der Waals surface area contributed by atoms with Crippen LogP contribution >= 0.6 is 12.4 Å². The molecule has 150 valence electrons. The van der Waals surface area contributed by atoms with Crippen LogP contribution in [0.1, 0.15) is 31.2 Å². The summed E-state index contributed by atoms with van der Waals surface area (Å²) < 4.78 is 5.35. The van der Waals surface area contributed by atoms with Crippen LogP contribution in [0.25, 0.3) is 0 Å². The van der Waals surface area contributed by atoms with Gasteiger partial charge >= 0.3 is 6.03 Å². The summed E-state index contributed by atoms with van der Waals surface area (Å²) in [5, 5.41) is 5.93. The molecule has 2 aliphatic heterocycles. The second-order valence-electron chi connectivity index (χ2n) is 7.10. The zero-order valence-electron chi connectivity index (χ0n) is 15.5. The Morgan fingerprint density at radius 1 is 1.19 bits per heavy atom. The van der Waals surface area contributed by atoms with Gasteiger partial charge in [-0.1, -0.05) is 12.1 Å². The number of carbonyl (C=O) groups is 2. The number of nitrogens with one attached hydrogen (secondary N) is 2. The number of anilines is 1. The largest absolute Gasteiger partial charge is 0.381 e. The fourth-order valence-corrected chi connectivity index (χ4v) is 3.54. The summed E-state index contributed by atoms with van der Waals surface area (Å²) in [6.45, 7) is 3.51. The van der Waals surface area contributed by atoms with Gasteiger partial charge in [-0.25, -0.2) is 4.79 Å². The molecule has 2 heterocycles. The van der Waals surface area contributed by atoms with E-state index in [2.05, 4.69) is 10.6 Å². The standard InChI is InChI=1S/C19H28N4O3.ClH/c20-14-19(6-10-26-11-7-19)17(24)21-13-15-4-3-5-16(12-15)22-18(25)23-8-1-2-9-23;/h3-5,12H,1-2,6-11,13-14,20H2,(H,21,24)(H,22,25);1H. The van der Waals surface area contributed by atoms with Gasteiger partial charge < -0.3 is 26.0 Å². The second-order valence-corrected chi connectivity index (χ2v) is 7.10. The summed E-state index contributed by atoms with van der Waals surface area (Å²) in [6.07, 6.45) is 3.43. The molecule has 0 bridgehead atoms. The highest BCUT2D eigenvalue weighted by Crippen LogP contribution is 2.29. The minimum absolute atomic E-state index is 0. The SMILES string of the molecule is Cl.NCC1(C(=O)NCc2cccc(NC(=O)N3CCCC3)c2)CCOCC1. The molecule has 0 aliphatic carbocycles. The lowest BCUT2D eigenvalue weighted by Crippen LogP contribution is -2.48. The van der Waals surface area contributed by atoms with Crippen molar-refractivity contribution in [1.82, 2.24) is 10.2 Å². The van der Waals surface area contributed by atoms with Crippen molar-refractivity contribution in [2.24, 2.45) is 11.1 Å². The van der Waals surface area contributed by atoms with Crippen LogP contribution in [0, 0.1) is 5.41 Å². The summed E-state index contributed by atoms with van der Waals surface area (Å²) in [5.74, 6) is -0.0187. The molecule has 0 spiro atoms. The maximum atomic E-state index is 12.6. The fraction of sp³-hybridized carbons (Fsp3) is 0.579. The number of carbonyl (C=O) groups excluding carboxylic acids is 2. The van der Waals surface area contributed by atoms with Crippen LogP contribution in [0.4, 0.5) is 10.5 Å². The van der Waals surface area contributed by atoms with Gasteiger partial charge in [0.2, 0.25) is 5.91 Å². The first-order valence-corrected chi connectivity index (χ1v) is 9.34. The summed E-state index contributed by atoms with van der Waals surface area (Å²) in [4.78, 5) is 26.7. The number of likely N-dealkylation sites (tertiary alicyclic amines) is 1. The molecular weight excluding hydrogens is 368 g/mol. The molecule has 2 fully saturated rings. The Bertz CT molecular complexity index is 644. The van der Waals surface area contributed by atoms with Crippen LogP contribution in [0.3, 0.4) is 0 Å². The van der Waals surface area contributed by atoms with E-state index in [1.165, 1.54) is 0 Å². The Labute approximate surface area is 166 Å². The lowest BCUT2D eigenvalue weighted by molar-refractivity contribution is -0.136. The van der Waals surface area contributed by atoms with E-state index in [1.54, 1.807) is 0 Å². The predicted octanol–water partition coefficient (Wildman–Crippen LogP) is 2.11. The summed E-state index contributed by atoms with van der Waals surface area (Å²) >= 11 is 0.